The standard InChI is InChI=1S/C15H12Cl4/c16-9-11(10-4-6-12(17)7-5-10)8-13-14(18)2-1-3-15(13)19/h1-7,11H,8-9H2. The van der Waals surface area contributed by atoms with Gasteiger partial charge in [0, 0.05) is 26.9 Å². The number of alkyl halides is 1. The fourth-order valence-corrected chi connectivity index (χ4v) is 2.94. The van der Waals surface area contributed by atoms with Gasteiger partial charge in [0.25, 0.3) is 0 Å². The summed E-state index contributed by atoms with van der Waals surface area (Å²) >= 11 is 24.4. The quantitative estimate of drug-likeness (QED) is 0.583. The Kier molecular flexibility index (Phi) is 5.41. The van der Waals surface area contributed by atoms with Crippen molar-refractivity contribution in [3.8, 4) is 0 Å². The van der Waals surface area contributed by atoms with Crippen molar-refractivity contribution >= 4 is 46.4 Å². The van der Waals surface area contributed by atoms with Gasteiger partial charge in [-0.1, -0.05) is 53.0 Å². The topological polar surface area (TPSA) is 0 Å². The summed E-state index contributed by atoms with van der Waals surface area (Å²) in [7, 11) is 0. The minimum Gasteiger partial charge on any atom is -0.126 e. The first kappa shape index (κ1) is 15.0. The third-order valence-corrected chi connectivity index (χ3v) is 4.37. The predicted octanol–water partition coefficient (Wildman–Crippen LogP) is 6.21. The van der Waals surface area contributed by atoms with E-state index in [0.29, 0.717) is 27.4 Å². The first-order valence-electron chi connectivity index (χ1n) is 5.86. The van der Waals surface area contributed by atoms with E-state index in [9.17, 15) is 0 Å². The van der Waals surface area contributed by atoms with Crippen LogP contribution >= 0.6 is 46.4 Å². The molecule has 0 spiro atoms. The molecule has 0 radical (unpaired) electrons. The van der Waals surface area contributed by atoms with E-state index in [1.807, 2.05) is 42.5 Å². The van der Waals surface area contributed by atoms with Crippen LogP contribution in [0, 0.1) is 0 Å². The highest BCUT2D eigenvalue weighted by Gasteiger charge is 2.15. The Morgan fingerprint density at radius 2 is 1.42 bits per heavy atom. The molecule has 0 aliphatic carbocycles. The second-order valence-electron chi connectivity index (χ2n) is 4.31. The summed E-state index contributed by atoms with van der Waals surface area (Å²) in [5, 5.41) is 2.07. The Morgan fingerprint density at radius 3 is 1.95 bits per heavy atom. The van der Waals surface area contributed by atoms with Crippen LogP contribution in [0.25, 0.3) is 0 Å². The molecule has 0 heterocycles. The van der Waals surface area contributed by atoms with Crippen LogP contribution in [0.2, 0.25) is 15.1 Å². The van der Waals surface area contributed by atoms with Crippen LogP contribution in [0.3, 0.4) is 0 Å². The lowest BCUT2D eigenvalue weighted by atomic mass is 9.93. The van der Waals surface area contributed by atoms with Gasteiger partial charge in [-0.15, -0.1) is 11.6 Å². The van der Waals surface area contributed by atoms with E-state index >= 15 is 0 Å². The van der Waals surface area contributed by atoms with Gasteiger partial charge in [-0.25, -0.2) is 0 Å². The molecule has 0 aliphatic rings. The van der Waals surface area contributed by atoms with E-state index < -0.39 is 0 Å². The summed E-state index contributed by atoms with van der Waals surface area (Å²) in [6.07, 6.45) is 0.712. The Hall–Kier alpha value is -0.400. The highest BCUT2D eigenvalue weighted by atomic mass is 35.5. The summed E-state index contributed by atoms with van der Waals surface area (Å²) in [5.41, 5.74) is 2.07. The molecule has 0 aliphatic heterocycles. The molecule has 2 aromatic carbocycles. The van der Waals surface area contributed by atoms with E-state index in [4.69, 9.17) is 46.4 Å². The van der Waals surface area contributed by atoms with E-state index in [0.717, 1.165) is 11.1 Å². The number of rotatable bonds is 4. The third-order valence-electron chi connectivity index (χ3n) is 3.04. The molecular formula is C15H12Cl4. The predicted molar refractivity (Wildman–Crippen MR) is 85.1 cm³/mol. The van der Waals surface area contributed by atoms with E-state index in [-0.39, 0.29) is 5.92 Å². The first-order chi connectivity index (χ1) is 9.11. The summed E-state index contributed by atoms with van der Waals surface area (Å²) in [5.74, 6) is 0.666. The highest BCUT2D eigenvalue weighted by molar-refractivity contribution is 6.36. The maximum absolute atomic E-state index is 6.19. The zero-order valence-electron chi connectivity index (χ0n) is 10.0. The second-order valence-corrected chi connectivity index (χ2v) is 5.87. The fourth-order valence-electron chi connectivity index (χ4n) is 1.97. The van der Waals surface area contributed by atoms with Crippen LogP contribution in [0.15, 0.2) is 42.5 Å². The van der Waals surface area contributed by atoms with E-state index in [2.05, 4.69) is 0 Å². The summed E-state index contributed by atoms with van der Waals surface area (Å²) in [6, 6.07) is 13.2. The van der Waals surface area contributed by atoms with Gasteiger partial charge in [-0.2, -0.15) is 0 Å². The third kappa shape index (κ3) is 3.79. The minimum absolute atomic E-state index is 0.163. The molecule has 0 N–H and O–H groups in total. The monoisotopic (exact) mass is 332 g/mol. The van der Waals surface area contributed by atoms with Crippen LogP contribution in [0.1, 0.15) is 17.0 Å². The smallest absolute Gasteiger partial charge is 0.0453 e. The highest BCUT2D eigenvalue weighted by Crippen LogP contribution is 2.31. The van der Waals surface area contributed by atoms with Crippen molar-refractivity contribution in [2.45, 2.75) is 12.3 Å². The Balaban J connectivity index is 2.26. The Morgan fingerprint density at radius 1 is 0.842 bits per heavy atom. The van der Waals surface area contributed by atoms with Crippen molar-refractivity contribution in [3.05, 3.63) is 68.7 Å². The Bertz CT molecular complexity index is 528. The van der Waals surface area contributed by atoms with Gasteiger partial charge in [-0.3, -0.25) is 0 Å². The zero-order chi connectivity index (χ0) is 13.8. The first-order valence-corrected chi connectivity index (χ1v) is 7.53. The van der Waals surface area contributed by atoms with Crippen molar-refractivity contribution in [1.29, 1.82) is 0 Å². The van der Waals surface area contributed by atoms with Crippen LogP contribution in [-0.2, 0) is 6.42 Å². The van der Waals surface area contributed by atoms with Gasteiger partial charge in [-0.05, 0) is 41.8 Å². The molecule has 4 heteroatoms. The van der Waals surface area contributed by atoms with Gasteiger partial charge in [0.05, 0.1) is 0 Å². The molecule has 0 amide bonds. The number of hydrogen-bond donors (Lipinski definition) is 0. The lowest BCUT2D eigenvalue weighted by Crippen LogP contribution is -2.05. The molecule has 1 atom stereocenters. The lowest BCUT2D eigenvalue weighted by molar-refractivity contribution is 0.766. The van der Waals surface area contributed by atoms with Crippen molar-refractivity contribution in [2.75, 3.05) is 5.88 Å². The summed E-state index contributed by atoms with van der Waals surface area (Å²) < 4.78 is 0. The normalized spacial score (nSPS) is 12.4. The van der Waals surface area contributed by atoms with Crippen LogP contribution in [0.4, 0.5) is 0 Å². The molecule has 0 nitrogen and oxygen atoms in total. The van der Waals surface area contributed by atoms with Gasteiger partial charge in [0.15, 0.2) is 0 Å². The molecule has 2 rings (SSSR count). The fraction of sp³-hybridized carbons (Fsp3) is 0.200. The van der Waals surface area contributed by atoms with Gasteiger partial charge < -0.3 is 0 Å². The van der Waals surface area contributed by atoms with Gasteiger partial charge >= 0.3 is 0 Å². The maximum Gasteiger partial charge on any atom is 0.0453 e. The average Bonchev–Trinajstić information content (AvgIpc) is 2.40. The molecular weight excluding hydrogens is 322 g/mol. The number of halogens is 4. The van der Waals surface area contributed by atoms with Crippen LogP contribution in [0.5, 0.6) is 0 Å². The SMILES string of the molecule is ClCC(Cc1c(Cl)cccc1Cl)c1ccc(Cl)cc1. The van der Waals surface area contributed by atoms with Crippen molar-refractivity contribution in [3.63, 3.8) is 0 Å². The average molecular weight is 334 g/mol. The van der Waals surface area contributed by atoms with Crippen LogP contribution in [-0.4, -0.2) is 5.88 Å². The zero-order valence-corrected chi connectivity index (χ0v) is 13.1. The molecule has 0 saturated carbocycles. The molecule has 0 bridgehead atoms. The largest absolute Gasteiger partial charge is 0.126 e. The molecule has 19 heavy (non-hydrogen) atoms. The Labute approximate surface area is 133 Å². The molecule has 100 valence electrons. The minimum atomic E-state index is 0.163. The maximum atomic E-state index is 6.19. The lowest BCUT2D eigenvalue weighted by Gasteiger charge is -2.16. The molecule has 0 fully saturated rings. The van der Waals surface area contributed by atoms with E-state index in [1.54, 1.807) is 0 Å². The second kappa shape index (κ2) is 6.85. The molecule has 2 aromatic rings. The number of hydrogen-bond acceptors (Lipinski definition) is 0. The van der Waals surface area contributed by atoms with Gasteiger partial charge in [0.1, 0.15) is 0 Å². The van der Waals surface area contributed by atoms with Crippen LogP contribution < -0.4 is 0 Å². The number of benzene rings is 2. The molecule has 0 saturated heterocycles. The summed E-state index contributed by atoms with van der Waals surface area (Å²) in [4.78, 5) is 0. The van der Waals surface area contributed by atoms with Crippen molar-refractivity contribution < 1.29 is 0 Å². The molecule has 0 aromatic heterocycles. The van der Waals surface area contributed by atoms with Crippen molar-refractivity contribution in [1.82, 2.24) is 0 Å². The van der Waals surface area contributed by atoms with Gasteiger partial charge in [0.2, 0.25) is 0 Å². The van der Waals surface area contributed by atoms with E-state index in [1.165, 1.54) is 0 Å². The molecule has 1 unspecified atom stereocenters. The summed E-state index contributed by atoms with van der Waals surface area (Å²) in [6.45, 7) is 0. The van der Waals surface area contributed by atoms with Crippen molar-refractivity contribution in [2.24, 2.45) is 0 Å².